The van der Waals surface area contributed by atoms with Crippen LogP contribution >= 0.6 is 0 Å². The minimum atomic E-state index is -5.08. The highest BCUT2D eigenvalue weighted by Gasteiger charge is 2.38. The van der Waals surface area contributed by atoms with Gasteiger partial charge < -0.3 is 15.2 Å². The van der Waals surface area contributed by atoms with E-state index in [1.165, 1.54) is 12.1 Å². The Bertz CT molecular complexity index is 1090. The second kappa shape index (κ2) is 11.9. The molecule has 0 aliphatic rings. The van der Waals surface area contributed by atoms with Crippen LogP contribution in [0.1, 0.15) is 28.4 Å². The first-order valence-corrected chi connectivity index (χ1v) is 9.73. The van der Waals surface area contributed by atoms with Crippen molar-refractivity contribution in [2.24, 2.45) is 0 Å². The molecule has 3 rings (SSSR count). The highest BCUT2D eigenvalue weighted by Crippen LogP contribution is 2.30. The van der Waals surface area contributed by atoms with Crippen LogP contribution in [0.5, 0.6) is 0 Å². The summed E-state index contributed by atoms with van der Waals surface area (Å²) < 4.78 is 75.4. The summed E-state index contributed by atoms with van der Waals surface area (Å²) in [5, 5.41) is 9.80. The molecule has 0 unspecified atom stereocenters. The smallest absolute Gasteiger partial charge is 0.475 e. The predicted molar refractivity (Wildman–Crippen MR) is 111 cm³/mol. The standard InChI is InChI=1S/C21H17F3N2O2.C2HF3O2/c22-21(23,24)17-11-9-16(10-12-17)19(18-8-4-5-13-25-18)26-20(27)28-14-15-6-2-1-3-7-15;3-2(4,5)1(6)7/h1-13,19H,14H2,(H,26,27);(H,6,7)/t19-;/m0./s1. The lowest BCUT2D eigenvalue weighted by atomic mass is 10.0. The van der Waals surface area contributed by atoms with Crippen LogP contribution < -0.4 is 5.32 Å². The minimum Gasteiger partial charge on any atom is -0.475 e. The summed E-state index contributed by atoms with van der Waals surface area (Å²) in [7, 11) is 0. The molecular formula is C23H18F6N2O4. The number of nitrogens with one attached hydrogen (secondary N) is 1. The van der Waals surface area contributed by atoms with Crippen molar-refractivity contribution < 1.29 is 45.8 Å². The van der Waals surface area contributed by atoms with E-state index >= 15 is 0 Å². The zero-order valence-electron chi connectivity index (χ0n) is 17.7. The van der Waals surface area contributed by atoms with Crippen molar-refractivity contribution in [3.63, 3.8) is 0 Å². The monoisotopic (exact) mass is 500 g/mol. The molecule has 12 heteroatoms. The van der Waals surface area contributed by atoms with Gasteiger partial charge in [0.15, 0.2) is 0 Å². The van der Waals surface area contributed by atoms with Gasteiger partial charge in [-0.1, -0.05) is 48.5 Å². The number of hydrogen-bond donors (Lipinski definition) is 2. The molecule has 1 aromatic heterocycles. The number of carbonyl (C=O) groups excluding carboxylic acids is 1. The average molecular weight is 500 g/mol. The summed E-state index contributed by atoms with van der Waals surface area (Å²) in [6, 6.07) is 18.1. The number of carbonyl (C=O) groups is 2. The van der Waals surface area contributed by atoms with E-state index in [4.69, 9.17) is 14.6 Å². The third-order valence-electron chi connectivity index (χ3n) is 4.27. The molecule has 1 amide bonds. The second-order valence-electron chi connectivity index (χ2n) is 6.82. The number of aliphatic carboxylic acids is 1. The van der Waals surface area contributed by atoms with E-state index in [0.717, 1.165) is 17.7 Å². The summed E-state index contributed by atoms with van der Waals surface area (Å²) in [4.78, 5) is 25.4. The van der Waals surface area contributed by atoms with E-state index in [0.29, 0.717) is 11.3 Å². The average Bonchev–Trinajstić information content (AvgIpc) is 2.82. The SMILES string of the molecule is O=C(N[C@@H](c1ccc(C(F)(F)F)cc1)c1ccccn1)OCc1ccccc1.O=C(O)C(F)(F)F. The van der Waals surface area contributed by atoms with Gasteiger partial charge in [-0.25, -0.2) is 9.59 Å². The molecule has 0 aliphatic heterocycles. The van der Waals surface area contributed by atoms with Gasteiger partial charge >= 0.3 is 24.4 Å². The van der Waals surface area contributed by atoms with Gasteiger partial charge in [0, 0.05) is 6.20 Å². The third-order valence-corrected chi connectivity index (χ3v) is 4.27. The Balaban J connectivity index is 0.000000540. The van der Waals surface area contributed by atoms with E-state index in [1.807, 2.05) is 30.3 Å². The minimum absolute atomic E-state index is 0.0780. The van der Waals surface area contributed by atoms with Gasteiger partial charge in [-0.05, 0) is 35.4 Å². The van der Waals surface area contributed by atoms with Crippen molar-refractivity contribution in [3.05, 3.63) is 101 Å². The molecule has 2 N–H and O–H groups in total. The van der Waals surface area contributed by atoms with E-state index < -0.39 is 36.0 Å². The maximum absolute atomic E-state index is 12.8. The molecule has 0 saturated carbocycles. The summed E-state index contributed by atoms with van der Waals surface area (Å²) in [6.45, 7) is 0.0780. The lowest BCUT2D eigenvalue weighted by molar-refractivity contribution is -0.192. The van der Waals surface area contributed by atoms with Crippen LogP contribution in [0.2, 0.25) is 0 Å². The zero-order valence-corrected chi connectivity index (χ0v) is 17.7. The molecule has 0 spiro atoms. The van der Waals surface area contributed by atoms with Crippen molar-refractivity contribution in [1.82, 2.24) is 10.3 Å². The molecule has 0 saturated heterocycles. The second-order valence-corrected chi connectivity index (χ2v) is 6.82. The first-order valence-electron chi connectivity index (χ1n) is 9.73. The van der Waals surface area contributed by atoms with Crippen LogP contribution in [0.3, 0.4) is 0 Å². The molecule has 0 radical (unpaired) electrons. The molecule has 186 valence electrons. The van der Waals surface area contributed by atoms with E-state index in [-0.39, 0.29) is 6.61 Å². The summed E-state index contributed by atoms with van der Waals surface area (Å²) in [5.74, 6) is -2.76. The largest absolute Gasteiger partial charge is 0.490 e. The molecule has 2 aromatic carbocycles. The zero-order chi connectivity index (χ0) is 26.1. The number of pyridine rings is 1. The number of benzene rings is 2. The maximum atomic E-state index is 12.8. The van der Waals surface area contributed by atoms with Gasteiger partial charge in [-0.2, -0.15) is 26.3 Å². The van der Waals surface area contributed by atoms with Gasteiger partial charge in [-0.15, -0.1) is 0 Å². The number of rotatable bonds is 5. The fourth-order valence-corrected chi connectivity index (χ4v) is 2.62. The number of carboxylic acids is 1. The normalized spacial score (nSPS) is 12.1. The summed E-state index contributed by atoms with van der Waals surface area (Å²) in [5.41, 5.74) is 1.01. The Morgan fingerprint density at radius 2 is 1.46 bits per heavy atom. The van der Waals surface area contributed by atoms with Crippen molar-refractivity contribution in [1.29, 1.82) is 0 Å². The van der Waals surface area contributed by atoms with Gasteiger partial charge in [0.05, 0.1) is 17.3 Å². The van der Waals surface area contributed by atoms with Crippen LogP contribution in [-0.4, -0.2) is 28.3 Å². The van der Waals surface area contributed by atoms with E-state index in [9.17, 15) is 31.1 Å². The fraction of sp³-hybridized carbons (Fsp3) is 0.174. The summed E-state index contributed by atoms with van der Waals surface area (Å²) in [6.07, 6.45) is -8.66. The van der Waals surface area contributed by atoms with E-state index in [2.05, 4.69) is 10.3 Å². The van der Waals surface area contributed by atoms with Crippen molar-refractivity contribution in [3.8, 4) is 0 Å². The fourth-order valence-electron chi connectivity index (χ4n) is 2.62. The van der Waals surface area contributed by atoms with Crippen molar-refractivity contribution in [2.45, 2.75) is 25.0 Å². The van der Waals surface area contributed by atoms with Gasteiger partial charge in [0.1, 0.15) is 6.61 Å². The molecule has 35 heavy (non-hydrogen) atoms. The quantitative estimate of drug-likeness (QED) is 0.436. The van der Waals surface area contributed by atoms with Crippen LogP contribution in [0.25, 0.3) is 0 Å². The van der Waals surface area contributed by atoms with Crippen LogP contribution in [0, 0.1) is 0 Å². The molecule has 3 aromatic rings. The molecule has 0 bridgehead atoms. The third kappa shape index (κ3) is 8.99. The topological polar surface area (TPSA) is 88.5 Å². The Morgan fingerprint density at radius 3 is 1.94 bits per heavy atom. The lowest BCUT2D eigenvalue weighted by Crippen LogP contribution is -2.30. The number of hydrogen-bond acceptors (Lipinski definition) is 4. The number of halogens is 6. The number of nitrogens with zero attached hydrogens (tertiary/aromatic N) is 1. The lowest BCUT2D eigenvalue weighted by Gasteiger charge is -2.19. The van der Waals surface area contributed by atoms with Crippen LogP contribution in [-0.2, 0) is 22.3 Å². The van der Waals surface area contributed by atoms with E-state index in [1.54, 1.807) is 24.4 Å². The number of amides is 1. The molecule has 0 aliphatic carbocycles. The molecule has 0 fully saturated rings. The Hall–Kier alpha value is -4.09. The Morgan fingerprint density at radius 1 is 0.886 bits per heavy atom. The Labute approximate surface area is 195 Å². The first kappa shape index (κ1) is 27.2. The molecule has 1 heterocycles. The van der Waals surface area contributed by atoms with Crippen molar-refractivity contribution in [2.75, 3.05) is 0 Å². The number of ether oxygens (including phenoxy) is 1. The molecular weight excluding hydrogens is 482 g/mol. The van der Waals surface area contributed by atoms with Gasteiger partial charge in [0.2, 0.25) is 0 Å². The number of alkyl halides is 6. The summed E-state index contributed by atoms with van der Waals surface area (Å²) >= 11 is 0. The molecule has 6 nitrogen and oxygen atoms in total. The maximum Gasteiger partial charge on any atom is 0.490 e. The predicted octanol–water partition coefficient (Wildman–Crippen LogP) is 5.75. The van der Waals surface area contributed by atoms with Crippen molar-refractivity contribution >= 4 is 12.1 Å². The first-order chi connectivity index (χ1) is 16.4. The van der Waals surface area contributed by atoms with Crippen LogP contribution in [0.4, 0.5) is 31.1 Å². The number of carboxylic acid groups (broad SMARTS) is 1. The molecule has 1 atom stereocenters. The van der Waals surface area contributed by atoms with Gasteiger partial charge in [-0.3, -0.25) is 4.98 Å². The highest BCUT2D eigenvalue weighted by atomic mass is 19.4. The Kier molecular flexibility index (Phi) is 9.20. The van der Waals surface area contributed by atoms with Gasteiger partial charge in [0.25, 0.3) is 0 Å². The van der Waals surface area contributed by atoms with Crippen LogP contribution in [0.15, 0.2) is 79.0 Å². The number of aromatic nitrogens is 1. The number of alkyl carbamates (subject to hydrolysis) is 1. The highest BCUT2D eigenvalue weighted by molar-refractivity contribution is 5.73.